The van der Waals surface area contributed by atoms with Crippen LogP contribution in [0.1, 0.15) is 24.8 Å². The van der Waals surface area contributed by atoms with Crippen LogP contribution in [0.2, 0.25) is 5.15 Å². The van der Waals surface area contributed by atoms with E-state index in [1.165, 1.54) is 18.3 Å². The van der Waals surface area contributed by atoms with E-state index < -0.39 is 70.3 Å². The Bertz CT molecular complexity index is 1440. The summed E-state index contributed by atoms with van der Waals surface area (Å²) in [5.41, 5.74) is 0.705. The number of nitrogens with zero attached hydrogens (tertiary/aromatic N) is 3. The molecule has 2 unspecified atom stereocenters. The number of halogens is 4. The lowest BCUT2D eigenvalue weighted by Crippen LogP contribution is -2.34. The van der Waals surface area contributed by atoms with Crippen LogP contribution in [0.3, 0.4) is 0 Å². The molecule has 6 atom stereocenters. The zero-order valence-electron chi connectivity index (χ0n) is 20.0. The topological polar surface area (TPSA) is 176 Å². The Morgan fingerprint density at radius 3 is 2.59 bits per heavy atom. The molecule has 214 valence electrons. The number of alkyl halides is 2. The normalized spacial score (nSPS) is 24.3. The average molecular weight is 615 g/mol. The number of ether oxygens (including phenoxy) is 1. The Morgan fingerprint density at radius 1 is 1.26 bits per heavy atom. The van der Waals surface area contributed by atoms with E-state index in [2.05, 4.69) is 19.9 Å². The van der Waals surface area contributed by atoms with Crippen LogP contribution >= 0.6 is 26.8 Å². The van der Waals surface area contributed by atoms with Crippen molar-refractivity contribution in [1.29, 1.82) is 0 Å². The molecule has 12 nitrogen and oxygen atoms in total. The molecule has 3 aromatic rings. The molecule has 0 spiro atoms. The van der Waals surface area contributed by atoms with Gasteiger partial charge in [0, 0.05) is 5.56 Å². The number of aliphatic hydroxyl groups is 1. The first-order chi connectivity index (χ1) is 18.2. The van der Waals surface area contributed by atoms with E-state index in [4.69, 9.17) is 26.1 Å². The van der Waals surface area contributed by atoms with E-state index in [0.29, 0.717) is 16.6 Å². The number of anilines is 1. The zero-order chi connectivity index (χ0) is 28.7. The summed E-state index contributed by atoms with van der Waals surface area (Å²) >= 11 is 6.18. The molecule has 3 heterocycles. The standard InChI is InChI=1S/C21H24ClF3N4O8P2/c1-10(11-4-2-3-5-13(11)23)27-14-6-16(22)28-20-12(14)7-26-29(20)21-17(19(24)25)18(30)15(37-21)8-36-39(34,35)9-38(31,32)33/h2-7,10,15,17-19,21,30H,8-9H2,1H3,(H,27,28)(H,34,35)(H2,31,32,33)/t10-,15+,17?,18+,21+/m0/s1. The Labute approximate surface area is 224 Å². The fourth-order valence-electron chi connectivity index (χ4n) is 4.29. The van der Waals surface area contributed by atoms with Crippen LogP contribution in [0.25, 0.3) is 11.0 Å². The summed E-state index contributed by atoms with van der Waals surface area (Å²) < 4.78 is 76.5. The second-order valence-electron chi connectivity index (χ2n) is 8.91. The first-order valence-electron chi connectivity index (χ1n) is 11.3. The number of fused-ring (bicyclic) bond motifs is 1. The molecule has 1 saturated heterocycles. The van der Waals surface area contributed by atoms with Crippen molar-refractivity contribution in [2.75, 3.05) is 17.8 Å². The number of hydrogen-bond acceptors (Lipinski definition) is 8. The second kappa shape index (κ2) is 11.4. The molecule has 2 aromatic heterocycles. The molecule has 0 saturated carbocycles. The molecular weight excluding hydrogens is 591 g/mol. The highest BCUT2D eigenvalue weighted by Gasteiger charge is 2.51. The molecule has 1 aliphatic rings. The molecule has 0 amide bonds. The van der Waals surface area contributed by atoms with Crippen LogP contribution in [0.4, 0.5) is 18.9 Å². The minimum Gasteiger partial charge on any atom is -0.390 e. The van der Waals surface area contributed by atoms with Gasteiger partial charge >= 0.3 is 15.2 Å². The number of benzene rings is 1. The van der Waals surface area contributed by atoms with Crippen molar-refractivity contribution in [1.82, 2.24) is 14.8 Å². The highest BCUT2D eigenvalue weighted by molar-refractivity contribution is 7.70. The molecule has 0 radical (unpaired) electrons. The molecular formula is C21H24ClF3N4O8P2. The summed E-state index contributed by atoms with van der Waals surface area (Å²) in [6.07, 6.45) is -6.98. The summed E-state index contributed by atoms with van der Waals surface area (Å²) in [5, 5.41) is 18.0. The predicted molar refractivity (Wildman–Crippen MR) is 133 cm³/mol. The zero-order valence-corrected chi connectivity index (χ0v) is 22.6. The van der Waals surface area contributed by atoms with Crippen LogP contribution < -0.4 is 5.32 Å². The van der Waals surface area contributed by atoms with Crippen LogP contribution in [-0.4, -0.2) is 65.7 Å². The van der Waals surface area contributed by atoms with Gasteiger partial charge in [-0.2, -0.15) is 5.10 Å². The number of aliphatic hydroxyl groups excluding tert-OH is 1. The van der Waals surface area contributed by atoms with Gasteiger partial charge in [-0.3, -0.25) is 9.13 Å². The maximum atomic E-state index is 14.3. The molecule has 39 heavy (non-hydrogen) atoms. The molecule has 0 aliphatic carbocycles. The smallest absolute Gasteiger partial charge is 0.340 e. The number of hydrogen-bond donors (Lipinski definition) is 5. The molecule has 18 heteroatoms. The van der Waals surface area contributed by atoms with Gasteiger partial charge in [-0.05, 0) is 19.1 Å². The van der Waals surface area contributed by atoms with Crippen molar-refractivity contribution in [3.63, 3.8) is 0 Å². The van der Waals surface area contributed by atoms with Crippen LogP contribution in [0, 0.1) is 11.7 Å². The molecule has 4 rings (SSSR count). The van der Waals surface area contributed by atoms with Gasteiger partial charge in [0.25, 0.3) is 0 Å². The van der Waals surface area contributed by atoms with E-state index in [9.17, 15) is 32.3 Å². The van der Waals surface area contributed by atoms with Gasteiger partial charge in [-0.1, -0.05) is 29.8 Å². The van der Waals surface area contributed by atoms with Gasteiger partial charge in [0.05, 0.1) is 41.9 Å². The van der Waals surface area contributed by atoms with Crippen molar-refractivity contribution in [3.05, 3.63) is 53.1 Å². The predicted octanol–water partition coefficient (Wildman–Crippen LogP) is 3.87. The maximum absolute atomic E-state index is 14.3. The SMILES string of the molecule is C[C@H](Nc1cc(Cl)nc2c1cnn2[C@@H]1O[C@H](COP(=O)(O)CP(=O)(O)O)[C@@H](O)C1C(F)F)c1ccccc1F. The van der Waals surface area contributed by atoms with Crippen LogP contribution in [0.15, 0.2) is 36.5 Å². The average Bonchev–Trinajstić information content (AvgIpc) is 3.37. The van der Waals surface area contributed by atoms with Crippen molar-refractivity contribution in [2.45, 2.75) is 37.8 Å². The van der Waals surface area contributed by atoms with Crippen LogP contribution in [0.5, 0.6) is 0 Å². The van der Waals surface area contributed by atoms with Gasteiger partial charge < -0.3 is 34.4 Å². The second-order valence-corrected chi connectivity index (χ2v) is 13.3. The molecule has 1 fully saturated rings. The van der Waals surface area contributed by atoms with Gasteiger partial charge in [0.1, 0.15) is 17.1 Å². The number of nitrogens with one attached hydrogen (secondary N) is 1. The minimum absolute atomic E-state index is 0.00974. The summed E-state index contributed by atoms with van der Waals surface area (Å²) in [6, 6.07) is 7.00. The van der Waals surface area contributed by atoms with Crippen molar-refractivity contribution in [3.8, 4) is 0 Å². The summed E-state index contributed by atoms with van der Waals surface area (Å²) in [6.45, 7) is 0.776. The monoisotopic (exact) mass is 614 g/mol. The van der Waals surface area contributed by atoms with Crippen molar-refractivity contribution >= 4 is 43.5 Å². The van der Waals surface area contributed by atoms with E-state index >= 15 is 0 Å². The molecule has 0 bridgehead atoms. The van der Waals surface area contributed by atoms with E-state index in [-0.39, 0.29) is 10.8 Å². The fourth-order valence-corrected chi connectivity index (χ4v) is 7.05. The first-order valence-corrected chi connectivity index (χ1v) is 15.3. The maximum Gasteiger partial charge on any atom is 0.340 e. The summed E-state index contributed by atoms with van der Waals surface area (Å²) in [5.74, 6) is -3.84. The fraction of sp³-hybridized carbons (Fsp3) is 0.429. The lowest BCUT2D eigenvalue weighted by molar-refractivity contribution is -0.0592. The third-order valence-corrected chi connectivity index (χ3v) is 9.68. The Morgan fingerprint density at radius 2 is 1.95 bits per heavy atom. The quantitative estimate of drug-likeness (QED) is 0.165. The summed E-state index contributed by atoms with van der Waals surface area (Å²) in [7, 11) is -9.78. The molecule has 5 N–H and O–H groups in total. The largest absolute Gasteiger partial charge is 0.390 e. The van der Waals surface area contributed by atoms with E-state index in [0.717, 1.165) is 4.68 Å². The Hall–Kier alpha value is -2.06. The lowest BCUT2D eigenvalue weighted by atomic mass is 10.0. The Balaban J connectivity index is 1.62. The molecule has 1 aliphatic heterocycles. The van der Waals surface area contributed by atoms with Gasteiger partial charge in [0.2, 0.25) is 6.43 Å². The Kier molecular flexibility index (Phi) is 8.77. The van der Waals surface area contributed by atoms with E-state index in [1.54, 1.807) is 25.1 Å². The number of rotatable bonds is 10. The number of aromatic nitrogens is 3. The summed E-state index contributed by atoms with van der Waals surface area (Å²) in [4.78, 5) is 31.7. The van der Waals surface area contributed by atoms with Crippen molar-refractivity contribution in [2.24, 2.45) is 5.92 Å². The highest BCUT2D eigenvalue weighted by atomic mass is 35.5. The lowest BCUT2D eigenvalue weighted by Gasteiger charge is -2.20. The minimum atomic E-state index is -4.94. The van der Waals surface area contributed by atoms with E-state index in [1.807, 2.05) is 0 Å². The van der Waals surface area contributed by atoms with Gasteiger partial charge in [0.15, 0.2) is 17.8 Å². The molecule has 1 aromatic carbocycles. The first kappa shape index (κ1) is 29.9. The van der Waals surface area contributed by atoms with Crippen LogP contribution in [-0.2, 0) is 18.4 Å². The number of pyridine rings is 1. The van der Waals surface area contributed by atoms with Crippen molar-refractivity contribution < 1.29 is 51.3 Å². The third kappa shape index (κ3) is 6.82. The van der Waals surface area contributed by atoms with Gasteiger partial charge in [-0.25, -0.2) is 22.8 Å². The third-order valence-electron chi connectivity index (χ3n) is 6.03. The highest BCUT2D eigenvalue weighted by Crippen LogP contribution is 2.55. The van der Waals surface area contributed by atoms with Gasteiger partial charge in [-0.15, -0.1) is 0 Å².